The van der Waals surface area contributed by atoms with Crippen LogP contribution >= 0.6 is 0 Å². The Morgan fingerprint density at radius 2 is 2.10 bits per heavy atom. The van der Waals surface area contributed by atoms with Gasteiger partial charge in [-0.2, -0.15) is 0 Å². The fraction of sp³-hybridized carbons (Fsp3) is 0.250. The zero-order valence-corrected chi connectivity index (χ0v) is 16.0. The molecule has 0 radical (unpaired) electrons. The lowest BCUT2D eigenvalue weighted by molar-refractivity contribution is -0.136. The van der Waals surface area contributed by atoms with E-state index in [2.05, 4.69) is 10.6 Å². The molecule has 1 aromatic carbocycles. The highest BCUT2D eigenvalue weighted by Crippen LogP contribution is 2.26. The van der Waals surface area contributed by atoms with Crippen LogP contribution in [0.3, 0.4) is 0 Å². The van der Waals surface area contributed by atoms with Gasteiger partial charge < -0.3 is 29.8 Å². The molecule has 0 saturated heterocycles. The van der Waals surface area contributed by atoms with Crippen molar-refractivity contribution in [2.75, 3.05) is 37.4 Å². The second-order valence-electron chi connectivity index (χ2n) is 6.38. The number of aryl methyl sites for hydroxylation is 1. The topological polar surface area (TPSA) is 121 Å². The predicted octanol–water partition coefficient (Wildman–Crippen LogP) is 1.51. The third-order valence-corrected chi connectivity index (χ3v) is 4.44. The summed E-state index contributed by atoms with van der Waals surface area (Å²) in [4.78, 5) is 38.1. The molecule has 152 valence electrons. The quantitative estimate of drug-likeness (QED) is 0.604. The van der Waals surface area contributed by atoms with Crippen LogP contribution in [0.25, 0.3) is 0 Å². The molecule has 0 bridgehead atoms. The molecule has 0 unspecified atom stereocenters. The summed E-state index contributed by atoms with van der Waals surface area (Å²) in [6.45, 7) is 1.76. The molecule has 0 aliphatic carbocycles. The Kier molecular flexibility index (Phi) is 5.99. The van der Waals surface area contributed by atoms with Crippen molar-refractivity contribution in [3.05, 3.63) is 59.2 Å². The maximum Gasteiger partial charge on any atom is 0.337 e. The second-order valence-corrected chi connectivity index (χ2v) is 6.38. The number of anilines is 2. The number of nitrogens with one attached hydrogen (secondary N) is 2. The van der Waals surface area contributed by atoms with E-state index in [-0.39, 0.29) is 42.6 Å². The van der Waals surface area contributed by atoms with Crippen LogP contribution < -0.4 is 10.6 Å². The first-order valence-electron chi connectivity index (χ1n) is 8.88. The normalized spacial score (nSPS) is 13.6. The van der Waals surface area contributed by atoms with Gasteiger partial charge in [0.05, 0.1) is 32.1 Å². The molecule has 0 fully saturated rings. The van der Waals surface area contributed by atoms with Gasteiger partial charge in [-0.25, -0.2) is 4.79 Å². The van der Waals surface area contributed by atoms with E-state index in [4.69, 9.17) is 14.3 Å². The maximum absolute atomic E-state index is 12.6. The number of rotatable bonds is 7. The van der Waals surface area contributed by atoms with E-state index in [1.807, 2.05) is 0 Å². The molecule has 3 N–H and O–H groups in total. The van der Waals surface area contributed by atoms with Crippen molar-refractivity contribution in [1.82, 2.24) is 4.90 Å². The van der Waals surface area contributed by atoms with Crippen molar-refractivity contribution in [1.29, 1.82) is 0 Å². The molecule has 1 aliphatic heterocycles. The number of hydrogen-bond donors (Lipinski definition) is 3. The number of benzene rings is 1. The molecule has 29 heavy (non-hydrogen) atoms. The van der Waals surface area contributed by atoms with E-state index in [1.54, 1.807) is 37.3 Å². The third-order valence-electron chi connectivity index (χ3n) is 4.44. The van der Waals surface area contributed by atoms with Gasteiger partial charge in [-0.3, -0.25) is 9.59 Å². The van der Waals surface area contributed by atoms with Crippen molar-refractivity contribution in [3.63, 3.8) is 0 Å². The van der Waals surface area contributed by atoms with Crippen LogP contribution in [0.15, 0.2) is 52.3 Å². The number of carbonyl (C=O) groups excluding carboxylic acids is 3. The molecule has 2 aromatic rings. The lowest BCUT2D eigenvalue weighted by Gasteiger charge is -2.15. The fourth-order valence-electron chi connectivity index (χ4n) is 2.97. The first-order chi connectivity index (χ1) is 13.9. The van der Waals surface area contributed by atoms with Crippen molar-refractivity contribution in [3.8, 4) is 0 Å². The smallest absolute Gasteiger partial charge is 0.337 e. The summed E-state index contributed by atoms with van der Waals surface area (Å²) in [5.41, 5.74) is 2.19. The fourth-order valence-corrected chi connectivity index (χ4v) is 2.97. The van der Waals surface area contributed by atoms with Gasteiger partial charge in [0.15, 0.2) is 5.76 Å². The number of carbonyl (C=O) groups is 3. The van der Waals surface area contributed by atoms with Crippen LogP contribution in [0.1, 0.15) is 16.1 Å². The lowest BCUT2D eigenvalue weighted by atomic mass is 10.1. The van der Waals surface area contributed by atoms with Gasteiger partial charge >= 0.3 is 5.97 Å². The Labute approximate surface area is 166 Å². The molecular weight excluding hydrogens is 378 g/mol. The molecule has 1 aromatic heterocycles. The summed E-state index contributed by atoms with van der Waals surface area (Å²) < 4.78 is 9.84. The monoisotopic (exact) mass is 399 g/mol. The van der Waals surface area contributed by atoms with Gasteiger partial charge in [0.1, 0.15) is 5.70 Å². The van der Waals surface area contributed by atoms with Crippen LogP contribution in [-0.2, 0) is 14.3 Å². The predicted molar refractivity (Wildman–Crippen MR) is 104 cm³/mol. The highest BCUT2D eigenvalue weighted by Gasteiger charge is 2.34. The van der Waals surface area contributed by atoms with Crippen LogP contribution in [0.2, 0.25) is 0 Å². The Morgan fingerprint density at radius 1 is 1.31 bits per heavy atom. The molecule has 9 nitrogen and oxygen atoms in total. The van der Waals surface area contributed by atoms with E-state index in [1.165, 1.54) is 18.3 Å². The van der Waals surface area contributed by atoms with E-state index in [9.17, 15) is 14.4 Å². The Balaban J connectivity index is 1.80. The molecule has 0 atom stereocenters. The summed E-state index contributed by atoms with van der Waals surface area (Å²) >= 11 is 0. The third kappa shape index (κ3) is 4.30. The zero-order valence-electron chi connectivity index (χ0n) is 16.0. The first kappa shape index (κ1) is 20.2. The molecular formula is C20H21N3O6. The van der Waals surface area contributed by atoms with Gasteiger partial charge in [-0.05, 0) is 42.8 Å². The average molecular weight is 399 g/mol. The largest absolute Gasteiger partial charge is 0.466 e. The minimum atomic E-state index is -0.611. The zero-order chi connectivity index (χ0) is 21.0. The number of methoxy groups -OCH3 is 1. The minimum absolute atomic E-state index is 0.0602. The molecule has 0 spiro atoms. The highest BCUT2D eigenvalue weighted by molar-refractivity contribution is 6.08. The average Bonchev–Trinajstić information content (AvgIpc) is 3.34. The van der Waals surface area contributed by atoms with Crippen LogP contribution in [-0.4, -0.2) is 54.6 Å². The summed E-state index contributed by atoms with van der Waals surface area (Å²) in [7, 11) is 1.24. The standard InChI is InChI=1S/C20H21N3O6/c1-12-10-13(5-6-15(12)22-18(25)16-4-3-9-29-16)21-17-14(20(27)28-2)11-23(7-8-24)19(17)26/h3-6,9-10,21,24H,7-8,11H2,1-2H3,(H,22,25). The van der Waals surface area contributed by atoms with Crippen molar-refractivity contribution in [2.45, 2.75) is 6.92 Å². The lowest BCUT2D eigenvalue weighted by Crippen LogP contribution is -2.31. The molecule has 3 rings (SSSR count). The van der Waals surface area contributed by atoms with Gasteiger partial charge in [0.25, 0.3) is 11.8 Å². The SMILES string of the molecule is COC(=O)C1=C(Nc2ccc(NC(=O)c3ccco3)c(C)c2)C(=O)N(CCO)C1. The summed E-state index contributed by atoms with van der Waals surface area (Å²) in [6.07, 6.45) is 1.42. The second kappa shape index (κ2) is 8.61. The highest BCUT2D eigenvalue weighted by atomic mass is 16.5. The molecule has 9 heteroatoms. The molecule has 1 aliphatic rings. The van der Waals surface area contributed by atoms with Gasteiger partial charge in [0, 0.05) is 17.9 Å². The van der Waals surface area contributed by atoms with E-state index in [0.29, 0.717) is 11.4 Å². The summed E-state index contributed by atoms with van der Waals surface area (Å²) in [5.74, 6) is -1.19. The molecule has 0 saturated carbocycles. The van der Waals surface area contributed by atoms with E-state index in [0.717, 1.165) is 5.56 Å². The van der Waals surface area contributed by atoms with Crippen LogP contribution in [0, 0.1) is 6.92 Å². The first-order valence-corrected chi connectivity index (χ1v) is 8.88. The Bertz CT molecular complexity index is 965. The maximum atomic E-state index is 12.6. The number of nitrogens with zero attached hydrogens (tertiary/aromatic N) is 1. The number of β-amino-alcohol motifs (C(OH)–C–C–N with tert-alkyl or cyclic N) is 1. The Morgan fingerprint density at radius 3 is 2.72 bits per heavy atom. The molecule has 2 amide bonds. The van der Waals surface area contributed by atoms with E-state index >= 15 is 0 Å². The summed E-state index contributed by atoms with van der Waals surface area (Å²) in [6, 6.07) is 8.28. The van der Waals surface area contributed by atoms with Gasteiger partial charge in [0.2, 0.25) is 0 Å². The summed E-state index contributed by atoms with van der Waals surface area (Å²) in [5, 5.41) is 14.8. The minimum Gasteiger partial charge on any atom is -0.466 e. The van der Waals surface area contributed by atoms with Gasteiger partial charge in [-0.15, -0.1) is 0 Å². The number of furan rings is 1. The number of ether oxygens (including phenoxy) is 1. The van der Waals surface area contributed by atoms with Crippen molar-refractivity contribution < 1.29 is 28.6 Å². The van der Waals surface area contributed by atoms with Crippen molar-refractivity contribution in [2.24, 2.45) is 0 Å². The number of hydrogen-bond acceptors (Lipinski definition) is 7. The van der Waals surface area contributed by atoms with Gasteiger partial charge in [-0.1, -0.05) is 0 Å². The number of aliphatic hydroxyl groups excluding tert-OH is 1. The number of esters is 1. The number of aliphatic hydroxyl groups is 1. The Hall–Kier alpha value is -3.59. The van der Waals surface area contributed by atoms with E-state index < -0.39 is 11.9 Å². The molecule has 2 heterocycles. The number of amides is 2. The van der Waals surface area contributed by atoms with Crippen LogP contribution in [0.4, 0.5) is 11.4 Å². The van der Waals surface area contributed by atoms with Crippen LogP contribution in [0.5, 0.6) is 0 Å². The van der Waals surface area contributed by atoms with Crippen molar-refractivity contribution >= 4 is 29.2 Å².